The summed E-state index contributed by atoms with van der Waals surface area (Å²) in [6, 6.07) is 7.90. The van der Waals surface area contributed by atoms with E-state index in [4.69, 9.17) is 5.11 Å². The lowest BCUT2D eigenvalue weighted by Crippen LogP contribution is -2.33. The fraction of sp³-hybridized carbons (Fsp3) is 0.562. The zero-order chi connectivity index (χ0) is 14.1. The molecular formula is C16H25NO2. The fourth-order valence-electron chi connectivity index (χ4n) is 2.17. The Morgan fingerprint density at radius 3 is 2.32 bits per heavy atom. The smallest absolute Gasteiger partial charge is 0.176 e. The third-order valence-electron chi connectivity index (χ3n) is 3.14. The standard InChI is InChI=1S/C16H25NO2/c1-3-5-14-6-8-15(9-7-14)16(19)13-17(10-4-2)11-12-18/h6-9,18H,3-5,10-13H2,1-2H3. The first-order valence-electron chi connectivity index (χ1n) is 7.16. The molecule has 0 aliphatic carbocycles. The van der Waals surface area contributed by atoms with Crippen molar-refractivity contribution in [1.82, 2.24) is 4.90 Å². The summed E-state index contributed by atoms with van der Waals surface area (Å²) in [6.07, 6.45) is 3.16. The van der Waals surface area contributed by atoms with Crippen LogP contribution in [0.1, 0.15) is 42.6 Å². The molecule has 0 spiro atoms. The maximum Gasteiger partial charge on any atom is 0.176 e. The van der Waals surface area contributed by atoms with Crippen LogP contribution in [-0.4, -0.2) is 42.0 Å². The minimum absolute atomic E-state index is 0.0999. The van der Waals surface area contributed by atoms with Gasteiger partial charge in [-0.3, -0.25) is 9.69 Å². The van der Waals surface area contributed by atoms with Gasteiger partial charge in [0, 0.05) is 12.1 Å². The molecule has 0 aliphatic heterocycles. The van der Waals surface area contributed by atoms with E-state index in [9.17, 15) is 4.79 Å². The van der Waals surface area contributed by atoms with Crippen LogP contribution in [0.15, 0.2) is 24.3 Å². The highest BCUT2D eigenvalue weighted by atomic mass is 16.3. The summed E-state index contributed by atoms with van der Waals surface area (Å²) >= 11 is 0. The van der Waals surface area contributed by atoms with E-state index in [0.717, 1.165) is 31.4 Å². The van der Waals surface area contributed by atoms with Crippen molar-refractivity contribution in [1.29, 1.82) is 0 Å². The third-order valence-corrected chi connectivity index (χ3v) is 3.14. The number of carbonyl (C=O) groups excluding carboxylic acids is 1. The molecule has 1 rings (SSSR count). The molecule has 1 aromatic rings. The number of ketones is 1. The Balaban J connectivity index is 2.60. The van der Waals surface area contributed by atoms with E-state index < -0.39 is 0 Å². The summed E-state index contributed by atoms with van der Waals surface area (Å²) in [7, 11) is 0. The quantitative estimate of drug-likeness (QED) is 0.696. The van der Waals surface area contributed by atoms with E-state index in [2.05, 4.69) is 13.8 Å². The molecule has 3 nitrogen and oxygen atoms in total. The molecule has 0 saturated carbocycles. The normalized spacial score (nSPS) is 10.9. The number of rotatable bonds is 9. The molecule has 0 radical (unpaired) electrons. The zero-order valence-electron chi connectivity index (χ0n) is 12.1. The van der Waals surface area contributed by atoms with Crippen molar-refractivity contribution in [3.05, 3.63) is 35.4 Å². The SMILES string of the molecule is CCCc1ccc(C(=O)CN(CCC)CCO)cc1. The molecule has 3 heteroatoms. The number of nitrogens with zero attached hydrogens (tertiary/aromatic N) is 1. The van der Waals surface area contributed by atoms with Gasteiger partial charge in [0.1, 0.15) is 0 Å². The number of aliphatic hydroxyl groups is 1. The van der Waals surface area contributed by atoms with Crippen LogP contribution in [0.4, 0.5) is 0 Å². The zero-order valence-corrected chi connectivity index (χ0v) is 12.1. The summed E-state index contributed by atoms with van der Waals surface area (Å²) in [4.78, 5) is 14.2. The fourth-order valence-corrected chi connectivity index (χ4v) is 2.17. The van der Waals surface area contributed by atoms with Crippen LogP contribution >= 0.6 is 0 Å². The number of hydrogen-bond acceptors (Lipinski definition) is 3. The number of hydrogen-bond donors (Lipinski definition) is 1. The highest BCUT2D eigenvalue weighted by Crippen LogP contribution is 2.08. The van der Waals surface area contributed by atoms with Crippen molar-refractivity contribution >= 4 is 5.78 Å². The Morgan fingerprint density at radius 1 is 1.11 bits per heavy atom. The Hall–Kier alpha value is -1.19. The van der Waals surface area contributed by atoms with E-state index in [1.54, 1.807) is 0 Å². The molecule has 0 unspecified atom stereocenters. The number of aliphatic hydroxyl groups excluding tert-OH is 1. The molecule has 19 heavy (non-hydrogen) atoms. The monoisotopic (exact) mass is 263 g/mol. The first-order chi connectivity index (χ1) is 9.21. The average molecular weight is 263 g/mol. The van der Waals surface area contributed by atoms with Gasteiger partial charge >= 0.3 is 0 Å². The van der Waals surface area contributed by atoms with Crippen molar-refractivity contribution < 1.29 is 9.90 Å². The maximum atomic E-state index is 12.2. The molecule has 1 N–H and O–H groups in total. The molecule has 0 aliphatic rings. The molecule has 0 saturated heterocycles. The first-order valence-corrected chi connectivity index (χ1v) is 7.16. The third kappa shape index (κ3) is 5.53. The molecule has 0 aromatic heterocycles. The van der Waals surface area contributed by atoms with Crippen LogP contribution in [0.3, 0.4) is 0 Å². The maximum absolute atomic E-state index is 12.2. The van der Waals surface area contributed by atoms with Gasteiger partial charge in [-0.25, -0.2) is 0 Å². The predicted molar refractivity (Wildman–Crippen MR) is 78.6 cm³/mol. The summed E-state index contributed by atoms with van der Waals surface area (Å²) < 4.78 is 0. The minimum Gasteiger partial charge on any atom is -0.395 e. The molecule has 106 valence electrons. The van der Waals surface area contributed by atoms with Crippen LogP contribution < -0.4 is 0 Å². The van der Waals surface area contributed by atoms with E-state index in [0.29, 0.717) is 13.1 Å². The van der Waals surface area contributed by atoms with Crippen molar-refractivity contribution in [2.75, 3.05) is 26.2 Å². The highest BCUT2D eigenvalue weighted by molar-refractivity contribution is 5.97. The molecule has 0 bridgehead atoms. The van der Waals surface area contributed by atoms with E-state index in [1.165, 1.54) is 5.56 Å². The van der Waals surface area contributed by atoms with Crippen molar-refractivity contribution in [3.63, 3.8) is 0 Å². The van der Waals surface area contributed by atoms with Crippen molar-refractivity contribution in [2.45, 2.75) is 33.1 Å². The predicted octanol–water partition coefficient (Wildman–Crippen LogP) is 2.53. The highest BCUT2D eigenvalue weighted by Gasteiger charge is 2.11. The van der Waals surface area contributed by atoms with Crippen LogP contribution in [-0.2, 0) is 6.42 Å². The second-order valence-electron chi connectivity index (χ2n) is 4.87. The average Bonchev–Trinajstić information content (AvgIpc) is 2.40. The summed E-state index contributed by atoms with van der Waals surface area (Å²) in [5, 5.41) is 8.99. The van der Waals surface area contributed by atoms with Gasteiger partial charge in [-0.15, -0.1) is 0 Å². The minimum atomic E-state index is 0.0999. The second-order valence-corrected chi connectivity index (χ2v) is 4.87. The van der Waals surface area contributed by atoms with Gasteiger partial charge in [0.2, 0.25) is 0 Å². The molecule has 1 aromatic carbocycles. The largest absolute Gasteiger partial charge is 0.395 e. The van der Waals surface area contributed by atoms with Gasteiger partial charge in [0.25, 0.3) is 0 Å². The molecule has 0 heterocycles. The van der Waals surface area contributed by atoms with Crippen LogP contribution in [0.2, 0.25) is 0 Å². The van der Waals surface area contributed by atoms with E-state index >= 15 is 0 Å². The van der Waals surface area contributed by atoms with Gasteiger partial charge in [0.15, 0.2) is 5.78 Å². The Kier molecular flexibility index (Phi) is 7.38. The molecular weight excluding hydrogens is 238 g/mol. The van der Waals surface area contributed by atoms with Crippen LogP contribution in [0.5, 0.6) is 0 Å². The number of benzene rings is 1. The summed E-state index contributed by atoms with van der Waals surface area (Å²) in [5.41, 5.74) is 2.04. The van der Waals surface area contributed by atoms with Crippen LogP contribution in [0.25, 0.3) is 0 Å². The van der Waals surface area contributed by atoms with Gasteiger partial charge in [-0.05, 0) is 24.9 Å². The summed E-state index contributed by atoms with van der Waals surface area (Å²) in [5.74, 6) is 0.130. The number of carbonyl (C=O) groups is 1. The van der Waals surface area contributed by atoms with Gasteiger partial charge in [-0.2, -0.15) is 0 Å². The van der Waals surface area contributed by atoms with Crippen LogP contribution in [0, 0.1) is 0 Å². The Bertz CT molecular complexity index is 367. The lowest BCUT2D eigenvalue weighted by Gasteiger charge is -2.19. The van der Waals surface area contributed by atoms with Crippen molar-refractivity contribution in [2.24, 2.45) is 0 Å². The topological polar surface area (TPSA) is 40.5 Å². The van der Waals surface area contributed by atoms with Gasteiger partial charge < -0.3 is 5.11 Å². The van der Waals surface area contributed by atoms with Gasteiger partial charge in [0.05, 0.1) is 13.2 Å². The lowest BCUT2D eigenvalue weighted by atomic mass is 10.1. The lowest BCUT2D eigenvalue weighted by molar-refractivity contribution is 0.0915. The number of aryl methyl sites for hydroxylation is 1. The Morgan fingerprint density at radius 2 is 1.79 bits per heavy atom. The second kappa shape index (κ2) is 8.83. The van der Waals surface area contributed by atoms with Crippen molar-refractivity contribution in [3.8, 4) is 0 Å². The first kappa shape index (κ1) is 15.9. The number of Topliss-reactive ketones (excluding diaryl/α,β-unsaturated/α-hetero) is 1. The van der Waals surface area contributed by atoms with E-state index in [1.807, 2.05) is 29.2 Å². The Labute approximate surface area is 116 Å². The molecule has 0 fully saturated rings. The molecule has 0 amide bonds. The van der Waals surface area contributed by atoms with E-state index in [-0.39, 0.29) is 12.4 Å². The summed E-state index contributed by atoms with van der Waals surface area (Å²) in [6.45, 7) is 6.13. The van der Waals surface area contributed by atoms with Gasteiger partial charge in [-0.1, -0.05) is 44.5 Å². The molecule has 0 atom stereocenters.